The number of benzene rings is 1. The van der Waals surface area contributed by atoms with Crippen LogP contribution in [-0.4, -0.2) is 18.8 Å². The first-order valence-corrected chi connectivity index (χ1v) is 6.71. The molecule has 0 fully saturated rings. The molecule has 0 aliphatic rings. The van der Waals surface area contributed by atoms with E-state index in [2.05, 4.69) is 43.4 Å². The van der Waals surface area contributed by atoms with Gasteiger partial charge in [-0.25, -0.2) is 0 Å². The van der Waals surface area contributed by atoms with Gasteiger partial charge in [-0.1, -0.05) is 24.6 Å². The largest absolute Gasteiger partial charge is 0.317 e. The maximum atomic E-state index is 3.42. The summed E-state index contributed by atoms with van der Waals surface area (Å²) in [4.78, 5) is 1.39. The third kappa shape index (κ3) is 5.85. The smallest absolute Gasteiger partial charge is 0.00721 e. The first-order chi connectivity index (χ1) is 7.33. The molecular weight excluding hydrogens is 202 g/mol. The molecule has 0 spiro atoms. The molecule has 0 aromatic heterocycles. The van der Waals surface area contributed by atoms with Gasteiger partial charge < -0.3 is 5.32 Å². The summed E-state index contributed by atoms with van der Waals surface area (Å²) in [7, 11) is 0. The fourth-order valence-corrected chi connectivity index (χ4v) is 2.18. The molecule has 1 aromatic carbocycles. The number of thioether (sulfide) groups is 1. The van der Waals surface area contributed by atoms with Crippen molar-refractivity contribution in [1.29, 1.82) is 0 Å². The Hall–Kier alpha value is -0.470. The Morgan fingerprint density at radius 2 is 1.87 bits per heavy atom. The summed E-state index contributed by atoms with van der Waals surface area (Å²) in [6.07, 6.45) is 2.48. The summed E-state index contributed by atoms with van der Waals surface area (Å²) in [6.45, 7) is 6.62. The molecule has 0 saturated heterocycles. The average molecular weight is 223 g/mol. The van der Waals surface area contributed by atoms with Crippen LogP contribution in [0.25, 0.3) is 0 Å². The van der Waals surface area contributed by atoms with Crippen LogP contribution in [0.5, 0.6) is 0 Å². The van der Waals surface area contributed by atoms with Gasteiger partial charge in [0.25, 0.3) is 0 Å². The third-order valence-corrected chi connectivity index (χ3v) is 3.31. The molecule has 0 amide bonds. The zero-order chi connectivity index (χ0) is 10.9. The lowest BCUT2D eigenvalue weighted by Crippen LogP contribution is -2.16. The van der Waals surface area contributed by atoms with Crippen molar-refractivity contribution in [2.75, 3.05) is 18.8 Å². The SMILES string of the molecule is CCCNCCCSc1ccc(C)cc1. The van der Waals surface area contributed by atoms with Crippen LogP contribution in [-0.2, 0) is 0 Å². The highest BCUT2D eigenvalue weighted by Crippen LogP contribution is 2.18. The highest BCUT2D eigenvalue weighted by atomic mass is 32.2. The van der Waals surface area contributed by atoms with Crippen molar-refractivity contribution >= 4 is 11.8 Å². The van der Waals surface area contributed by atoms with Gasteiger partial charge in [-0.05, 0) is 50.7 Å². The van der Waals surface area contributed by atoms with E-state index in [1.54, 1.807) is 0 Å². The molecule has 0 aliphatic carbocycles. The summed E-state index contributed by atoms with van der Waals surface area (Å²) in [5.41, 5.74) is 1.34. The van der Waals surface area contributed by atoms with E-state index in [0.717, 1.165) is 13.1 Å². The zero-order valence-electron chi connectivity index (χ0n) is 9.75. The Kier molecular flexibility index (Phi) is 6.53. The second-order valence-electron chi connectivity index (χ2n) is 3.77. The third-order valence-electron chi connectivity index (χ3n) is 2.21. The number of aryl methyl sites for hydroxylation is 1. The lowest BCUT2D eigenvalue weighted by molar-refractivity contribution is 0.664. The topological polar surface area (TPSA) is 12.0 Å². The quantitative estimate of drug-likeness (QED) is 0.561. The fourth-order valence-electron chi connectivity index (χ4n) is 1.32. The standard InChI is InChI=1S/C13H21NS/c1-3-9-14-10-4-11-15-13-7-5-12(2)6-8-13/h5-8,14H,3-4,9-11H2,1-2H3. The maximum Gasteiger partial charge on any atom is 0.00721 e. The second kappa shape index (κ2) is 7.77. The van der Waals surface area contributed by atoms with Crippen LogP contribution in [0.4, 0.5) is 0 Å². The second-order valence-corrected chi connectivity index (χ2v) is 4.93. The molecule has 0 bridgehead atoms. The van der Waals surface area contributed by atoms with Crippen molar-refractivity contribution in [3.05, 3.63) is 29.8 Å². The number of nitrogens with one attached hydrogen (secondary N) is 1. The van der Waals surface area contributed by atoms with Gasteiger partial charge in [-0.15, -0.1) is 11.8 Å². The first-order valence-electron chi connectivity index (χ1n) is 5.73. The van der Waals surface area contributed by atoms with E-state index in [4.69, 9.17) is 0 Å². The molecule has 1 nitrogen and oxygen atoms in total. The molecule has 0 atom stereocenters. The number of rotatable bonds is 7. The van der Waals surface area contributed by atoms with E-state index >= 15 is 0 Å². The maximum absolute atomic E-state index is 3.42. The van der Waals surface area contributed by atoms with Crippen molar-refractivity contribution < 1.29 is 0 Å². The van der Waals surface area contributed by atoms with Gasteiger partial charge in [-0.2, -0.15) is 0 Å². The molecule has 0 aliphatic heterocycles. The Morgan fingerprint density at radius 1 is 1.13 bits per heavy atom. The van der Waals surface area contributed by atoms with Crippen molar-refractivity contribution in [2.24, 2.45) is 0 Å². The highest BCUT2D eigenvalue weighted by molar-refractivity contribution is 7.99. The average Bonchev–Trinajstić information content (AvgIpc) is 2.26. The molecule has 0 heterocycles. The summed E-state index contributed by atoms with van der Waals surface area (Å²) in [5.74, 6) is 1.21. The minimum absolute atomic E-state index is 1.15. The molecule has 1 N–H and O–H groups in total. The minimum Gasteiger partial charge on any atom is -0.317 e. The number of hydrogen-bond donors (Lipinski definition) is 1. The van der Waals surface area contributed by atoms with Gasteiger partial charge in [0.05, 0.1) is 0 Å². The van der Waals surface area contributed by atoms with Gasteiger partial charge in [0, 0.05) is 4.90 Å². The fraction of sp³-hybridized carbons (Fsp3) is 0.538. The molecule has 0 saturated carbocycles. The summed E-state index contributed by atoms with van der Waals surface area (Å²) in [6, 6.07) is 8.77. The lowest BCUT2D eigenvalue weighted by Gasteiger charge is -2.03. The van der Waals surface area contributed by atoms with E-state index in [0.29, 0.717) is 0 Å². The van der Waals surface area contributed by atoms with Crippen LogP contribution >= 0.6 is 11.8 Å². The number of hydrogen-bond acceptors (Lipinski definition) is 2. The Bertz CT molecular complexity index is 256. The van der Waals surface area contributed by atoms with Crippen LogP contribution in [0.3, 0.4) is 0 Å². The predicted octanol–water partition coefficient (Wildman–Crippen LogP) is 3.48. The van der Waals surface area contributed by atoms with Crippen LogP contribution in [0, 0.1) is 6.92 Å². The van der Waals surface area contributed by atoms with E-state index in [-0.39, 0.29) is 0 Å². The normalized spacial score (nSPS) is 10.5. The van der Waals surface area contributed by atoms with Gasteiger partial charge in [0.1, 0.15) is 0 Å². The van der Waals surface area contributed by atoms with Crippen LogP contribution in [0.1, 0.15) is 25.3 Å². The lowest BCUT2D eigenvalue weighted by atomic mass is 10.2. The van der Waals surface area contributed by atoms with Crippen molar-refractivity contribution in [3.63, 3.8) is 0 Å². The minimum atomic E-state index is 1.15. The van der Waals surface area contributed by atoms with E-state index in [1.807, 2.05) is 11.8 Å². The Balaban J connectivity index is 2.07. The Morgan fingerprint density at radius 3 is 2.53 bits per heavy atom. The highest BCUT2D eigenvalue weighted by Gasteiger charge is 1.93. The van der Waals surface area contributed by atoms with E-state index < -0.39 is 0 Å². The van der Waals surface area contributed by atoms with Crippen LogP contribution < -0.4 is 5.32 Å². The summed E-state index contributed by atoms with van der Waals surface area (Å²) in [5, 5.41) is 3.42. The first kappa shape index (κ1) is 12.6. The molecule has 15 heavy (non-hydrogen) atoms. The molecule has 84 valence electrons. The van der Waals surface area contributed by atoms with Gasteiger partial charge >= 0.3 is 0 Å². The van der Waals surface area contributed by atoms with Crippen molar-refractivity contribution in [1.82, 2.24) is 5.32 Å². The van der Waals surface area contributed by atoms with Crippen LogP contribution in [0.15, 0.2) is 29.2 Å². The van der Waals surface area contributed by atoms with Crippen molar-refractivity contribution in [3.8, 4) is 0 Å². The summed E-state index contributed by atoms with van der Waals surface area (Å²) >= 11 is 1.95. The molecule has 1 rings (SSSR count). The molecular formula is C13H21NS. The Labute approximate surface area is 97.7 Å². The van der Waals surface area contributed by atoms with E-state index in [1.165, 1.54) is 29.1 Å². The molecule has 0 radical (unpaired) electrons. The monoisotopic (exact) mass is 223 g/mol. The van der Waals surface area contributed by atoms with Crippen molar-refractivity contribution in [2.45, 2.75) is 31.6 Å². The van der Waals surface area contributed by atoms with Gasteiger partial charge in [0.2, 0.25) is 0 Å². The van der Waals surface area contributed by atoms with Crippen LogP contribution in [0.2, 0.25) is 0 Å². The molecule has 0 unspecified atom stereocenters. The van der Waals surface area contributed by atoms with Gasteiger partial charge in [-0.3, -0.25) is 0 Å². The van der Waals surface area contributed by atoms with Gasteiger partial charge in [0.15, 0.2) is 0 Å². The van der Waals surface area contributed by atoms with E-state index in [9.17, 15) is 0 Å². The summed E-state index contributed by atoms with van der Waals surface area (Å²) < 4.78 is 0. The zero-order valence-corrected chi connectivity index (χ0v) is 10.6. The predicted molar refractivity (Wildman–Crippen MR) is 69.7 cm³/mol. The molecule has 2 heteroatoms. The molecule has 1 aromatic rings.